The minimum Gasteiger partial charge on any atom is -0.346 e. The lowest BCUT2D eigenvalue weighted by atomic mass is 10.3. The van der Waals surface area contributed by atoms with Crippen LogP contribution in [0, 0.1) is 0 Å². The van der Waals surface area contributed by atoms with Gasteiger partial charge in [-0.1, -0.05) is 66.7 Å². The number of benzene rings is 3. The van der Waals surface area contributed by atoms with Gasteiger partial charge in [0.15, 0.2) is 7.14 Å². The van der Waals surface area contributed by atoms with E-state index in [1.165, 1.54) is 0 Å². The van der Waals surface area contributed by atoms with E-state index >= 15 is 0 Å². The average Bonchev–Trinajstić information content (AvgIpc) is 2.70. The Kier molecular flexibility index (Phi) is 4.33. The molecule has 0 atom stereocenters. The van der Waals surface area contributed by atoms with Gasteiger partial charge in [-0.2, -0.15) is 0 Å². The summed E-state index contributed by atoms with van der Waals surface area (Å²) in [6, 6.07) is 30.4. The summed E-state index contributed by atoms with van der Waals surface area (Å²) in [4.78, 5) is 4.45. The minimum atomic E-state index is -2.56. The fraction of sp³-hybridized carbons (Fsp3) is 0.143. The largest absolute Gasteiger partial charge is 0.346 e. The van der Waals surface area contributed by atoms with E-state index < -0.39 is 7.14 Å². The van der Waals surface area contributed by atoms with Gasteiger partial charge < -0.3 is 14.4 Å². The Morgan fingerprint density at radius 2 is 1.00 bits per heavy atom. The molecule has 0 radical (unpaired) electrons. The molecule has 1 saturated heterocycles. The van der Waals surface area contributed by atoms with Crippen LogP contribution in [0.15, 0.2) is 91.0 Å². The third kappa shape index (κ3) is 3.33. The highest BCUT2D eigenvalue weighted by molar-refractivity contribution is 7.71. The maximum absolute atomic E-state index is 13.9. The smallest absolute Gasteiger partial charge is 0.152 e. The molecule has 0 N–H and O–H groups in total. The Hall–Kier alpha value is -2.51. The lowest BCUT2D eigenvalue weighted by Gasteiger charge is -2.42. The van der Waals surface area contributed by atoms with Crippen LogP contribution in [0.1, 0.15) is 0 Å². The monoisotopic (exact) mass is 348 g/mol. The van der Waals surface area contributed by atoms with Crippen molar-refractivity contribution in [2.75, 3.05) is 29.0 Å². The first-order chi connectivity index (χ1) is 12.2. The highest BCUT2D eigenvalue weighted by Crippen LogP contribution is 2.49. The molecular weight excluding hydrogens is 327 g/mol. The topological polar surface area (TPSA) is 23.6 Å². The summed E-state index contributed by atoms with van der Waals surface area (Å²) in [6.45, 7) is 0.741. The number of anilines is 2. The lowest BCUT2D eigenvalue weighted by Crippen LogP contribution is -2.46. The van der Waals surface area contributed by atoms with Crippen LogP contribution in [0.25, 0.3) is 0 Å². The second-order valence-corrected chi connectivity index (χ2v) is 9.26. The molecule has 126 valence electrons. The van der Waals surface area contributed by atoms with E-state index in [1.54, 1.807) is 0 Å². The zero-order chi connectivity index (χ0) is 17.1. The fourth-order valence-electron chi connectivity index (χ4n) is 3.36. The first-order valence-electron chi connectivity index (χ1n) is 8.48. The van der Waals surface area contributed by atoms with Crippen molar-refractivity contribution in [1.29, 1.82) is 0 Å². The van der Waals surface area contributed by atoms with Crippen molar-refractivity contribution in [2.24, 2.45) is 0 Å². The SMILES string of the molecule is O=P1(c2ccccc2)CN(c2ccccc2)CN(c2ccccc2)C1. The zero-order valence-corrected chi connectivity index (χ0v) is 14.9. The van der Waals surface area contributed by atoms with Crippen molar-refractivity contribution >= 4 is 23.8 Å². The standard InChI is InChI=1S/C21H21N2OP/c24-25(21-14-8-3-9-15-21)17-22(19-10-4-1-5-11-19)16-23(18-25)20-12-6-2-7-13-20/h1-15H,16-18H2. The summed E-state index contributed by atoms with van der Waals surface area (Å²) < 4.78 is 13.9. The van der Waals surface area contributed by atoms with Gasteiger partial charge in [0, 0.05) is 16.7 Å². The molecule has 0 aliphatic carbocycles. The Labute approximate surface area is 148 Å². The highest BCUT2D eigenvalue weighted by atomic mass is 31.2. The Morgan fingerprint density at radius 1 is 0.600 bits per heavy atom. The summed E-state index contributed by atoms with van der Waals surface area (Å²) in [6.07, 6.45) is 1.15. The molecule has 1 aliphatic heterocycles. The Balaban J connectivity index is 1.74. The molecular formula is C21H21N2OP. The van der Waals surface area contributed by atoms with E-state index in [4.69, 9.17) is 0 Å². The van der Waals surface area contributed by atoms with Gasteiger partial charge in [0.2, 0.25) is 0 Å². The quantitative estimate of drug-likeness (QED) is 0.648. The summed E-state index contributed by atoms with van der Waals surface area (Å²) in [5, 5.41) is 0.955. The summed E-state index contributed by atoms with van der Waals surface area (Å²) in [5.41, 5.74) is 2.22. The number of rotatable bonds is 3. The van der Waals surface area contributed by atoms with E-state index in [0.717, 1.165) is 23.3 Å². The van der Waals surface area contributed by atoms with Crippen LogP contribution >= 0.6 is 7.14 Å². The number of nitrogens with zero attached hydrogens (tertiary/aromatic N) is 2. The molecule has 1 aliphatic rings. The van der Waals surface area contributed by atoms with Gasteiger partial charge in [-0.15, -0.1) is 0 Å². The van der Waals surface area contributed by atoms with Crippen molar-refractivity contribution in [3.8, 4) is 0 Å². The Morgan fingerprint density at radius 3 is 1.44 bits per heavy atom. The van der Waals surface area contributed by atoms with Gasteiger partial charge in [0.25, 0.3) is 0 Å². The van der Waals surface area contributed by atoms with Crippen molar-refractivity contribution < 1.29 is 4.57 Å². The van der Waals surface area contributed by atoms with E-state index in [1.807, 2.05) is 66.7 Å². The molecule has 4 heteroatoms. The molecule has 0 bridgehead atoms. The zero-order valence-electron chi connectivity index (χ0n) is 14.0. The summed E-state index contributed by atoms with van der Waals surface area (Å²) >= 11 is 0. The number of para-hydroxylation sites is 2. The number of hydrogen-bond donors (Lipinski definition) is 0. The summed E-state index contributed by atoms with van der Waals surface area (Å²) in [5.74, 6) is 0. The highest BCUT2D eigenvalue weighted by Gasteiger charge is 2.35. The molecule has 3 aromatic carbocycles. The maximum atomic E-state index is 13.9. The van der Waals surface area contributed by atoms with Crippen LogP contribution in [-0.4, -0.2) is 19.2 Å². The molecule has 4 rings (SSSR count). The molecule has 0 amide bonds. The van der Waals surface area contributed by atoms with Crippen LogP contribution < -0.4 is 15.1 Å². The van der Waals surface area contributed by atoms with E-state index in [9.17, 15) is 4.57 Å². The van der Waals surface area contributed by atoms with Crippen molar-refractivity contribution in [3.05, 3.63) is 91.0 Å². The van der Waals surface area contributed by atoms with Gasteiger partial charge in [-0.25, -0.2) is 0 Å². The van der Waals surface area contributed by atoms with Gasteiger partial charge in [0.05, 0.1) is 19.2 Å². The van der Waals surface area contributed by atoms with Gasteiger partial charge >= 0.3 is 0 Å². The van der Waals surface area contributed by atoms with Gasteiger partial charge in [-0.3, -0.25) is 0 Å². The first-order valence-corrected chi connectivity index (χ1v) is 10.6. The molecule has 0 unspecified atom stereocenters. The van der Waals surface area contributed by atoms with Crippen molar-refractivity contribution in [2.45, 2.75) is 0 Å². The fourth-order valence-corrected chi connectivity index (χ4v) is 6.10. The van der Waals surface area contributed by atoms with E-state index in [-0.39, 0.29) is 0 Å². The molecule has 0 spiro atoms. The first kappa shape index (κ1) is 16.0. The normalized spacial score (nSPS) is 16.6. The predicted octanol–water partition coefficient (Wildman–Crippen LogP) is 4.57. The number of hydrogen-bond acceptors (Lipinski definition) is 3. The van der Waals surface area contributed by atoms with Crippen LogP contribution in [0.2, 0.25) is 0 Å². The minimum absolute atomic E-state index is 0.574. The second-order valence-electron chi connectivity index (χ2n) is 6.40. The maximum Gasteiger partial charge on any atom is 0.152 e. The van der Waals surface area contributed by atoms with Crippen LogP contribution in [0.4, 0.5) is 11.4 Å². The molecule has 0 saturated carbocycles. The van der Waals surface area contributed by atoms with Crippen LogP contribution in [-0.2, 0) is 4.57 Å². The Bertz CT molecular complexity index is 817. The molecule has 25 heavy (non-hydrogen) atoms. The third-order valence-corrected chi connectivity index (χ3v) is 7.45. The molecule has 3 nitrogen and oxygen atoms in total. The third-order valence-electron chi connectivity index (χ3n) is 4.61. The van der Waals surface area contributed by atoms with Crippen molar-refractivity contribution in [3.63, 3.8) is 0 Å². The molecule has 0 aromatic heterocycles. The molecule has 1 heterocycles. The lowest BCUT2D eigenvalue weighted by molar-refractivity contribution is 0.571. The van der Waals surface area contributed by atoms with Crippen LogP contribution in [0.3, 0.4) is 0 Å². The van der Waals surface area contributed by atoms with Crippen LogP contribution in [0.5, 0.6) is 0 Å². The van der Waals surface area contributed by atoms with Gasteiger partial charge in [-0.05, 0) is 24.3 Å². The summed E-state index contributed by atoms with van der Waals surface area (Å²) in [7, 11) is -2.56. The van der Waals surface area contributed by atoms with Gasteiger partial charge in [0.1, 0.15) is 0 Å². The average molecular weight is 348 g/mol. The van der Waals surface area contributed by atoms with E-state index in [2.05, 4.69) is 34.1 Å². The molecule has 3 aromatic rings. The van der Waals surface area contributed by atoms with Crippen molar-refractivity contribution in [1.82, 2.24) is 0 Å². The van der Waals surface area contributed by atoms with E-state index in [0.29, 0.717) is 12.6 Å². The predicted molar refractivity (Wildman–Crippen MR) is 106 cm³/mol. The second kappa shape index (κ2) is 6.78. The molecule has 1 fully saturated rings.